The largest absolute Gasteiger partial charge is 0.242 e. The molecule has 0 heterocycles. The summed E-state index contributed by atoms with van der Waals surface area (Å²) in [7, 11) is 0. The van der Waals surface area contributed by atoms with Crippen LogP contribution in [0.15, 0.2) is 41.3 Å². The van der Waals surface area contributed by atoms with Gasteiger partial charge in [-0.2, -0.15) is 5.10 Å². The number of hydrogen-bond acceptors (Lipinski definition) is 2. The average molecular weight is 208 g/mol. The lowest BCUT2D eigenvalue weighted by atomic mass is 10.3. The van der Waals surface area contributed by atoms with Crippen molar-refractivity contribution in [3.8, 4) is 0 Å². The van der Waals surface area contributed by atoms with Gasteiger partial charge < -0.3 is 0 Å². The average Bonchev–Trinajstić information content (AvgIpc) is 2.31. The predicted octanol–water partition coefficient (Wildman–Crippen LogP) is 4.33. The molecule has 0 atom stereocenters. The van der Waals surface area contributed by atoms with E-state index in [9.17, 15) is 0 Å². The topological polar surface area (TPSA) is 15.6 Å². The first-order valence-corrected chi connectivity index (χ1v) is 5.51. The first-order chi connectivity index (χ1) is 7.29. The second kappa shape index (κ2) is 12.7. The van der Waals surface area contributed by atoms with Gasteiger partial charge in [0.25, 0.3) is 0 Å². The molecule has 0 bridgehead atoms. The molecule has 0 radical (unpaired) electrons. The van der Waals surface area contributed by atoms with Gasteiger partial charge in [0.15, 0.2) is 0 Å². The van der Waals surface area contributed by atoms with Crippen molar-refractivity contribution in [2.24, 2.45) is 5.10 Å². The SMILES string of the molecule is C=NN(/C=C\CC)C(/C=C\C)=C\C.CC. The van der Waals surface area contributed by atoms with Gasteiger partial charge in [-0.1, -0.05) is 39.0 Å². The van der Waals surface area contributed by atoms with E-state index in [-0.39, 0.29) is 0 Å². The molecule has 0 aliphatic rings. The molecule has 86 valence electrons. The third-order valence-electron chi connectivity index (χ3n) is 1.53. The van der Waals surface area contributed by atoms with Crippen LogP contribution in [0.3, 0.4) is 0 Å². The first kappa shape index (κ1) is 16.1. The fourth-order valence-corrected chi connectivity index (χ4v) is 0.896. The van der Waals surface area contributed by atoms with Crippen LogP contribution in [0, 0.1) is 0 Å². The van der Waals surface area contributed by atoms with Gasteiger partial charge in [0.05, 0.1) is 5.70 Å². The van der Waals surface area contributed by atoms with Crippen molar-refractivity contribution in [3.05, 3.63) is 36.2 Å². The maximum absolute atomic E-state index is 3.89. The summed E-state index contributed by atoms with van der Waals surface area (Å²) in [6, 6.07) is 0. The first-order valence-electron chi connectivity index (χ1n) is 5.51. The van der Waals surface area contributed by atoms with Crippen LogP contribution in [0.5, 0.6) is 0 Å². The van der Waals surface area contributed by atoms with E-state index in [1.807, 2.05) is 58.2 Å². The Kier molecular flexibility index (Phi) is 13.6. The third kappa shape index (κ3) is 7.74. The molecule has 0 spiro atoms. The van der Waals surface area contributed by atoms with Gasteiger partial charge in [0.1, 0.15) is 0 Å². The molecule has 0 aliphatic carbocycles. The van der Waals surface area contributed by atoms with E-state index in [1.54, 1.807) is 5.01 Å². The normalized spacial score (nSPS) is 11.4. The second-order valence-electron chi connectivity index (χ2n) is 2.49. The van der Waals surface area contributed by atoms with E-state index >= 15 is 0 Å². The quantitative estimate of drug-likeness (QED) is 0.373. The summed E-state index contributed by atoms with van der Waals surface area (Å²) in [6.07, 6.45) is 10.9. The van der Waals surface area contributed by atoms with Crippen molar-refractivity contribution < 1.29 is 0 Å². The molecule has 0 saturated carbocycles. The molecular weight excluding hydrogens is 184 g/mol. The van der Waals surface area contributed by atoms with Crippen LogP contribution < -0.4 is 0 Å². The number of nitrogens with zero attached hydrogens (tertiary/aromatic N) is 2. The van der Waals surface area contributed by atoms with Crippen molar-refractivity contribution in [3.63, 3.8) is 0 Å². The highest BCUT2D eigenvalue weighted by molar-refractivity contribution is 5.26. The Morgan fingerprint density at radius 1 is 1.33 bits per heavy atom. The van der Waals surface area contributed by atoms with Gasteiger partial charge in [-0.05, 0) is 26.3 Å². The Bertz CT molecular complexity index is 225. The van der Waals surface area contributed by atoms with E-state index < -0.39 is 0 Å². The highest BCUT2D eigenvalue weighted by Gasteiger charge is 1.96. The zero-order valence-electron chi connectivity index (χ0n) is 10.7. The summed E-state index contributed by atoms with van der Waals surface area (Å²) in [4.78, 5) is 0. The van der Waals surface area contributed by atoms with E-state index in [0.717, 1.165) is 12.1 Å². The molecule has 0 N–H and O–H groups in total. The van der Waals surface area contributed by atoms with Crippen molar-refractivity contribution in [2.75, 3.05) is 0 Å². The molecule has 0 aliphatic heterocycles. The zero-order chi connectivity index (χ0) is 12.1. The number of allylic oxidation sites excluding steroid dienone is 4. The van der Waals surface area contributed by atoms with Crippen LogP contribution in [0.25, 0.3) is 0 Å². The van der Waals surface area contributed by atoms with Gasteiger partial charge in [-0.25, -0.2) is 5.01 Å². The van der Waals surface area contributed by atoms with E-state index in [1.165, 1.54) is 0 Å². The summed E-state index contributed by atoms with van der Waals surface area (Å²) in [5, 5.41) is 5.65. The van der Waals surface area contributed by atoms with E-state index in [4.69, 9.17) is 0 Å². The predicted molar refractivity (Wildman–Crippen MR) is 70.7 cm³/mol. The van der Waals surface area contributed by atoms with Gasteiger partial charge in [-0.3, -0.25) is 0 Å². The Labute approximate surface area is 94.7 Å². The second-order valence-corrected chi connectivity index (χ2v) is 2.49. The highest BCUT2D eigenvalue weighted by atomic mass is 15.4. The van der Waals surface area contributed by atoms with Gasteiger partial charge >= 0.3 is 0 Å². The summed E-state index contributed by atoms with van der Waals surface area (Å²) in [5.74, 6) is 0. The Balaban J connectivity index is 0. The van der Waals surface area contributed by atoms with Crippen LogP contribution in [0.4, 0.5) is 0 Å². The minimum Gasteiger partial charge on any atom is -0.242 e. The standard InChI is InChI=1S/C11H18N2.C2H6/c1-5-8-10-13(12-4)11(7-3)9-6-2;1-2/h6-10H,4-5H2,1-3H3;1-2H3/b9-6-,10-8-,11-7-;. The van der Waals surface area contributed by atoms with E-state index in [0.29, 0.717) is 0 Å². The molecular formula is C13H24N2. The minimum atomic E-state index is 0.999. The van der Waals surface area contributed by atoms with Crippen molar-refractivity contribution >= 4 is 6.72 Å². The molecule has 0 fully saturated rings. The molecule has 0 aromatic rings. The lowest BCUT2D eigenvalue weighted by Gasteiger charge is -2.13. The van der Waals surface area contributed by atoms with E-state index in [2.05, 4.69) is 18.7 Å². The molecule has 0 rings (SSSR count). The zero-order valence-corrected chi connectivity index (χ0v) is 10.7. The van der Waals surface area contributed by atoms with Crippen molar-refractivity contribution in [2.45, 2.75) is 41.0 Å². The summed E-state index contributed by atoms with van der Waals surface area (Å²) in [5.41, 5.74) is 1.03. The molecule has 15 heavy (non-hydrogen) atoms. The van der Waals surface area contributed by atoms with Crippen LogP contribution in [0.1, 0.15) is 41.0 Å². The molecule has 0 amide bonds. The molecule has 0 unspecified atom stereocenters. The fourth-order valence-electron chi connectivity index (χ4n) is 0.896. The summed E-state index contributed by atoms with van der Waals surface area (Å²) < 4.78 is 0. The number of hydrogen-bond donors (Lipinski definition) is 0. The number of rotatable bonds is 5. The van der Waals surface area contributed by atoms with Crippen molar-refractivity contribution in [1.82, 2.24) is 5.01 Å². The van der Waals surface area contributed by atoms with Crippen LogP contribution in [-0.2, 0) is 0 Å². The maximum Gasteiger partial charge on any atom is 0.0599 e. The van der Waals surface area contributed by atoms with Gasteiger partial charge in [0.2, 0.25) is 0 Å². The van der Waals surface area contributed by atoms with Crippen LogP contribution in [0.2, 0.25) is 0 Å². The summed E-state index contributed by atoms with van der Waals surface area (Å²) in [6.45, 7) is 13.6. The van der Waals surface area contributed by atoms with Gasteiger partial charge in [0, 0.05) is 12.9 Å². The Morgan fingerprint density at radius 2 is 1.93 bits per heavy atom. The number of hydrazone groups is 1. The smallest absolute Gasteiger partial charge is 0.0599 e. The lowest BCUT2D eigenvalue weighted by molar-refractivity contribution is 0.516. The van der Waals surface area contributed by atoms with Crippen molar-refractivity contribution in [1.29, 1.82) is 0 Å². The Hall–Kier alpha value is -1.31. The summed E-state index contributed by atoms with van der Waals surface area (Å²) >= 11 is 0. The molecule has 0 aromatic heterocycles. The monoisotopic (exact) mass is 208 g/mol. The van der Waals surface area contributed by atoms with Crippen LogP contribution >= 0.6 is 0 Å². The Morgan fingerprint density at radius 3 is 2.27 bits per heavy atom. The third-order valence-corrected chi connectivity index (χ3v) is 1.53. The molecule has 0 aromatic carbocycles. The minimum absolute atomic E-state index is 0.999. The highest BCUT2D eigenvalue weighted by Crippen LogP contribution is 2.07. The molecule has 0 saturated heterocycles. The maximum atomic E-state index is 3.89. The van der Waals surface area contributed by atoms with Crippen LogP contribution in [-0.4, -0.2) is 11.7 Å². The fraction of sp³-hybridized carbons (Fsp3) is 0.462. The molecule has 2 nitrogen and oxygen atoms in total. The molecule has 2 heteroatoms. The lowest BCUT2D eigenvalue weighted by Crippen LogP contribution is -2.06. The van der Waals surface area contributed by atoms with Gasteiger partial charge in [-0.15, -0.1) is 0 Å².